The van der Waals surface area contributed by atoms with Gasteiger partial charge < -0.3 is 5.73 Å². The average molecular weight is 264 g/mol. The Morgan fingerprint density at radius 3 is 2.37 bits per heavy atom. The van der Waals surface area contributed by atoms with Gasteiger partial charge in [0.15, 0.2) is 0 Å². The van der Waals surface area contributed by atoms with Gasteiger partial charge in [-0.3, -0.25) is 14.7 Å². The van der Waals surface area contributed by atoms with E-state index in [9.17, 15) is 0 Å². The summed E-state index contributed by atoms with van der Waals surface area (Å²) in [6.45, 7) is 8.51. The lowest BCUT2D eigenvalue weighted by molar-refractivity contribution is 0.0170. The molecule has 1 saturated carbocycles. The highest BCUT2D eigenvalue weighted by Crippen LogP contribution is 2.40. The Bertz CT molecular complexity index is 335. The summed E-state index contributed by atoms with van der Waals surface area (Å²) in [5.74, 6) is 0. The quantitative estimate of drug-likeness (QED) is 0.797. The molecular formula is C15H28N4. The number of nitrogens with zero attached hydrogens (tertiary/aromatic N) is 3. The summed E-state index contributed by atoms with van der Waals surface area (Å²) < 4.78 is 0. The Labute approximate surface area is 116 Å². The molecule has 4 heteroatoms. The van der Waals surface area contributed by atoms with E-state index >= 15 is 0 Å². The molecule has 0 radical (unpaired) electrons. The first-order valence-corrected chi connectivity index (χ1v) is 8.27. The molecule has 2 N–H and O–H groups in total. The van der Waals surface area contributed by atoms with Crippen LogP contribution in [0.25, 0.3) is 0 Å². The fourth-order valence-corrected chi connectivity index (χ4v) is 4.91. The third kappa shape index (κ3) is 1.96. The lowest BCUT2D eigenvalue weighted by Crippen LogP contribution is -2.64. The van der Waals surface area contributed by atoms with Gasteiger partial charge in [-0.1, -0.05) is 0 Å². The Morgan fingerprint density at radius 1 is 0.895 bits per heavy atom. The van der Waals surface area contributed by atoms with Crippen LogP contribution in [0.15, 0.2) is 0 Å². The van der Waals surface area contributed by atoms with Crippen LogP contribution in [0.2, 0.25) is 0 Å². The monoisotopic (exact) mass is 264 g/mol. The van der Waals surface area contributed by atoms with Crippen LogP contribution >= 0.6 is 0 Å². The van der Waals surface area contributed by atoms with Crippen molar-refractivity contribution in [2.24, 2.45) is 5.73 Å². The molecule has 0 spiro atoms. The van der Waals surface area contributed by atoms with E-state index in [1.54, 1.807) is 0 Å². The normalized spacial score (nSPS) is 41.8. The Hall–Kier alpha value is -0.160. The first-order valence-electron chi connectivity index (χ1n) is 8.27. The third-order valence-electron chi connectivity index (χ3n) is 6.18. The first-order chi connectivity index (χ1) is 9.33. The van der Waals surface area contributed by atoms with E-state index < -0.39 is 0 Å². The van der Waals surface area contributed by atoms with Crippen molar-refractivity contribution in [2.75, 3.05) is 45.8 Å². The fourth-order valence-electron chi connectivity index (χ4n) is 4.91. The zero-order valence-corrected chi connectivity index (χ0v) is 12.1. The van der Waals surface area contributed by atoms with Gasteiger partial charge in [-0.25, -0.2) is 0 Å². The van der Waals surface area contributed by atoms with E-state index in [0.717, 1.165) is 18.6 Å². The summed E-state index contributed by atoms with van der Waals surface area (Å²) in [5.41, 5.74) is 6.59. The lowest BCUT2D eigenvalue weighted by Gasteiger charge is -2.48. The molecule has 1 aliphatic carbocycles. The molecule has 0 aromatic rings. The third-order valence-corrected chi connectivity index (χ3v) is 6.18. The van der Waals surface area contributed by atoms with Crippen LogP contribution in [0.5, 0.6) is 0 Å². The summed E-state index contributed by atoms with van der Waals surface area (Å²) >= 11 is 0. The highest BCUT2D eigenvalue weighted by Gasteiger charge is 2.52. The van der Waals surface area contributed by atoms with Crippen LogP contribution in [-0.2, 0) is 0 Å². The number of rotatable bonds is 3. The summed E-state index contributed by atoms with van der Waals surface area (Å²) in [7, 11) is 0. The standard InChI is InChI=1S/C15H28N4/c16-12-15(5-7-18-6-1-2-14(15)18)19-10-8-17(9-11-19)13-3-4-13/h13-14H,1-12,16H2. The molecule has 0 aromatic carbocycles. The molecule has 2 unspecified atom stereocenters. The van der Waals surface area contributed by atoms with Crippen molar-refractivity contribution in [2.45, 2.75) is 49.7 Å². The zero-order valence-electron chi connectivity index (χ0n) is 12.1. The number of nitrogens with two attached hydrogens (primary N) is 1. The molecule has 4 rings (SSSR count). The minimum atomic E-state index is 0.312. The SMILES string of the molecule is NCC1(N2CCN(C3CC3)CC2)CCN2CCCC21. The van der Waals surface area contributed by atoms with Gasteiger partial charge in [0.05, 0.1) is 0 Å². The predicted octanol–water partition coefficient (Wildman–Crippen LogP) is 0.332. The summed E-state index contributed by atoms with van der Waals surface area (Å²) in [6, 6.07) is 1.69. The molecule has 3 saturated heterocycles. The number of piperazine rings is 1. The van der Waals surface area contributed by atoms with Crippen LogP contribution in [0.3, 0.4) is 0 Å². The highest BCUT2D eigenvalue weighted by molar-refractivity contribution is 5.10. The van der Waals surface area contributed by atoms with Gasteiger partial charge in [-0.05, 0) is 38.6 Å². The second-order valence-electron chi connectivity index (χ2n) is 7.01. The van der Waals surface area contributed by atoms with Crippen LogP contribution in [-0.4, -0.2) is 78.1 Å². The molecule has 0 aromatic heterocycles. The molecule has 0 bridgehead atoms. The molecular weight excluding hydrogens is 236 g/mol. The van der Waals surface area contributed by atoms with Crippen molar-refractivity contribution in [3.8, 4) is 0 Å². The molecule has 2 atom stereocenters. The van der Waals surface area contributed by atoms with Gasteiger partial charge in [0, 0.05) is 56.9 Å². The smallest absolute Gasteiger partial charge is 0.0499 e. The van der Waals surface area contributed by atoms with E-state index in [1.807, 2.05) is 0 Å². The molecule has 4 nitrogen and oxygen atoms in total. The minimum Gasteiger partial charge on any atom is -0.329 e. The molecule has 3 aliphatic heterocycles. The Balaban J connectivity index is 1.47. The lowest BCUT2D eigenvalue weighted by atomic mass is 9.86. The second-order valence-corrected chi connectivity index (χ2v) is 7.01. The van der Waals surface area contributed by atoms with Gasteiger partial charge in [0.25, 0.3) is 0 Å². The van der Waals surface area contributed by atoms with E-state index in [2.05, 4.69) is 14.7 Å². The van der Waals surface area contributed by atoms with E-state index in [0.29, 0.717) is 5.54 Å². The maximum Gasteiger partial charge on any atom is 0.0499 e. The number of hydrogen-bond acceptors (Lipinski definition) is 4. The van der Waals surface area contributed by atoms with Crippen LogP contribution in [0.1, 0.15) is 32.1 Å². The summed E-state index contributed by atoms with van der Waals surface area (Å²) in [6.07, 6.45) is 6.95. The molecule has 0 amide bonds. The molecule has 4 aliphatic rings. The van der Waals surface area contributed by atoms with Crippen molar-refractivity contribution in [1.82, 2.24) is 14.7 Å². The highest BCUT2D eigenvalue weighted by atomic mass is 15.4. The zero-order chi connectivity index (χ0) is 12.9. The van der Waals surface area contributed by atoms with E-state index in [4.69, 9.17) is 5.73 Å². The van der Waals surface area contributed by atoms with Crippen molar-refractivity contribution in [3.05, 3.63) is 0 Å². The molecule has 19 heavy (non-hydrogen) atoms. The van der Waals surface area contributed by atoms with Crippen molar-refractivity contribution in [3.63, 3.8) is 0 Å². The average Bonchev–Trinajstić information content (AvgIpc) is 3.09. The van der Waals surface area contributed by atoms with Crippen LogP contribution < -0.4 is 5.73 Å². The maximum absolute atomic E-state index is 6.28. The van der Waals surface area contributed by atoms with E-state index in [1.165, 1.54) is 71.4 Å². The van der Waals surface area contributed by atoms with Gasteiger partial charge in [0.2, 0.25) is 0 Å². The summed E-state index contributed by atoms with van der Waals surface area (Å²) in [4.78, 5) is 8.18. The van der Waals surface area contributed by atoms with Crippen molar-refractivity contribution in [1.29, 1.82) is 0 Å². The van der Waals surface area contributed by atoms with Gasteiger partial charge in [-0.15, -0.1) is 0 Å². The molecule has 3 heterocycles. The molecule has 4 fully saturated rings. The van der Waals surface area contributed by atoms with E-state index in [-0.39, 0.29) is 0 Å². The number of hydrogen-bond donors (Lipinski definition) is 1. The Kier molecular flexibility index (Phi) is 3.10. The van der Waals surface area contributed by atoms with Crippen LogP contribution in [0.4, 0.5) is 0 Å². The van der Waals surface area contributed by atoms with Gasteiger partial charge >= 0.3 is 0 Å². The number of fused-ring (bicyclic) bond motifs is 1. The largest absolute Gasteiger partial charge is 0.329 e. The summed E-state index contributed by atoms with van der Waals surface area (Å²) in [5, 5.41) is 0. The van der Waals surface area contributed by atoms with Crippen molar-refractivity contribution < 1.29 is 0 Å². The second kappa shape index (κ2) is 4.69. The van der Waals surface area contributed by atoms with Gasteiger partial charge in [-0.2, -0.15) is 0 Å². The maximum atomic E-state index is 6.28. The predicted molar refractivity (Wildman–Crippen MR) is 77.2 cm³/mol. The fraction of sp³-hybridized carbons (Fsp3) is 1.00. The van der Waals surface area contributed by atoms with Crippen molar-refractivity contribution >= 4 is 0 Å². The topological polar surface area (TPSA) is 35.7 Å². The molecule has 108 valence electrons. The minimum absolute atomic E-state index is 0.312. The van der Waals surface area contributed by atoms with Crippen LogP contribution in [0, 0.1) is 0 Å². The first kappa shape index (κ1) is 12.6. The van der Waals surface area contributed by atoms with Gasteiger partial charge in [0.1, 0.15) is 0 Å². The Morgan fingerprint density at radius 2 is 1.68 bits per heavy atom.